The second kappa shape index (κ2) is 7.93. The molecule has 1 N–H and O–H groups in total. The molecule has 0 radical (unpaired) electrons. The van der Waals surface area contributed by atoms with Gasteiger partial charge in [-0.1, -0.05) is 13.0 Å². The fourth-order valence-corrected chi connectivity index (χ4v) is 5.36. The molecule has 0 saturated carbocycles. The van der Waals surface area contributed by atoms with Gasteiger partial charge in [0.1, 0.15) is 0 Å². The van der Waals surface area contributed by atoms with Crippen LogP contribution in [0.15, 0.2) is 23.7 Å². The van der Waals surface area contributed by atoms with E-state index in [0.29, 0.717) is 6.54 Å². The zero-order valence-electron chi connectivity index (χ0n) is 16.8. The van der Waals surface area contributed by atoms with Gasteiger partial charge in [-0.25, -0.2) is 0 Å². The average molecular weight is 400 g/mol. The number of rotatable bonds is 4. The van der Waals surface area contributed by atoms with Gasteiger partial charge in [0.05, 0.1) is 16.9 Å². The Bertz CT molecular complexity index is 844. The molecule has 5 nitrogen and oxygen atoms in total. The number of thiophene rings is 1. The highest BCUT2D eigenvalue weighted by atomic mass is 32.1. The number of piperidine rings is 1. The van der Waals surface area contributed by atoms with Crippen molar-refractivity contribution in [2.75, 3.05) is 19.6 Å². The van der Waals surface area contributed by atoms with Crippen LogP contribution in [0.4, 0.5) is 0 Å². The molecule has 28 heavy (non-hydrogen) atoms. The van der Waals surface area contributed by atoms with Gasteiger partial charge in [-0.15, -0.1) is 11.3 Å². The maximum Gasteiger partial charge on any atom is 0.255 e. The van der Waals surface area contributed by atoms with E-state index in [9.17, 15) is 9.90 Å². The number of nitrogens with zero attached hydrogens (tertiary/aromatic N) is 3. The second-order valence-corrected chi connectivity index (χ2v) is 9.31. The molecule has 0 spiro atoms. The van der Waals surface area contributed by atoms with Crippen LogP contribution in [0.1, 0.15) is 58.7 Å². The second-order valence-electron chi connectivity index (χ2n) is 8.35. The number of carbonyl (C=O) groups excluding carboxylic acids is 1. The van der Waals surface area contributed by atoms with Crippen molar-refractivity contribution >= 4 is 17.2 Å². The SMILES string of the molecule is CCc1ccc(CN2CCc3c(C(=O)N4CCC[C@](C)(O)C4)csc3C2)nc1. The van der Waals surface area contributed by atoms with E-state index < -0.39 is 5.60 Å². The van der Waals surface area contributed by atoms with Gasteiger partial charge in [-0.3, -0.25) is 14.7 Å². The van der Waals surface area contributed by atoms with Crippen molar-refractivity contribution in [2.45, 2.75) is 58.2 Å². The third-order valence-electron chi connectivity index (χ3n) is 5.90. The lowest BCUT2D eigenvalue weighted by Crippen LogP contribution is -2.48. The highest BCUT2D eigenvalue weighted by Crippen LogP contribution is 2.31. The van der Waals surface area contributed by atoms with E-state index >= 15 is 0 Å². The number of aryl methyl sites for hydroxylation is 1. The summed E-state index contributed by atoms with van der Waals surface area (Å²) in [4.78, 5) is 23.2. The number of carbonyl (C=O) groups is 1. The molecular formula is C22H29N3O2S. The van der Waals surface area contributed by atoms with E-state index in [0.717, 1.165) is 63.1 Å². The standard InChI is InChI=1S/C22H29N3O2S/c1-3-16-5-6-17(23-11-16)12-24-10-7-18-19(14-28-20(18)13-24)21(26)25-9-4-8-22(2,27)15-25/h5-6,11,14,27H,3-4,7-10,12-13,15H2,1-2H3/t22-/m0/s1. The van der Waals surface area contributed by atoms with Crippen LogP contribution in [0, 0.1) is 0 Å². The molecule has 1 fully saturated rings. The molecule has 1 amide bonds. The Hall–Kier alpha value is -1.76. The number of aliphatic hydroxyl groups is 1. The molecular weight excluding hydrogens is 370 g/mol. The first kappa shape index (κ1) is 19.6. The summed E-state index contributed by atoms with van der Waals surface area (Å²) >= 11 is 1.69. The first-order chi connectivity index (χ1) is 13.4. The Morgan fingerprint density at radius 3 is 2.93 bits per heavy atom. The first-order valence-corrected chi connectivity index (χ1v) is 11.1. The number of pyridine rings is 1. The number of aromatic nitrogens is 1. The minimum absolute atomic E-state index is 0.0859. The van der Waals surface area contributed by atoms with E-state index in [4.69, 9.17) is 0 Å². The molecule has 0 unspecified atom stereocenters. The summed E-state index contributed by atoms with van der Waals surface area (Å²) in [5.41, 5.74) is 3.67. The number of amides is 1. The van der Waals surface area contributed by atoms with Crippen LogP contribution in [0.5, 0.6) is 0 Å². The third kappa shape index (κ3) is 4.14. The van der Waals surface area contributed by atoms with Gasteiger partial charge >= 0.3 is 0 Å². The maximum absolute atomic E-state index is 13.1. The lowest BCUT2D eigenvalue weighted by atomic mass is 9.94. The number of hydrogen-bond acceptors (Lipinski definition) is 5. The van der Waals surface area contributed by atoms with Crippen molar-refractivity contribution in [3.05, 3.63) is 51.0 Å². The topological polar surface area (TPSA) is 56.7 Å². The van der Waals surface area contributed by atoms with Crippen LogP contribution in [-0.2, 0) is 25.9 Å². The largest absolute Gasteiger partial charge is 0.388 e. The van der Waals surface area contributed by atoms with Gasteiger partial charge in [-0.05, 0) is 49.8 Å². The highest BCUT2D eigenvalue weighted by molar-refractivity contribution is 7.10. The summed E-state index contributed by atoms with van der Waals surface area (Å²) in [5, 5.41) is 12.4. The molecule has 6 heteroatoms. The molecule has 1 saturated heterocycles. The smallest absolute Gasteiger partial charge is 0.255 e. The summed E-state index contributed by atoms with van der Waals surface area (Å²) < 4.78 is 0. The van der Waals surface area contributed by atoms with Crippen molar-refractivity contribution in [3.63, 3.8) is 0 Å². The summed E-state index contributed by atoms with van der Waals surface area (Å²) in [5.74, 6) is 0.0859. The Kier molecular flexibility index (Phi) is 5.54. The molecule has 150 valence electrons. The number of β-amino-alcohol motifs (C(OH)–C–C–N with tert-alkyl or cyclic N) is 1. The Labute approximate surface area is 171 Å². The first-order valence-electron chi connectivity index (χ1n) is 10.2. The van der Waals surface area contributed by atoms with Gasteiger partial charge in [-0.2, -0.15) is 0 Å². The lowest BCUT2D eigenvalue weighted by molar-refractivity contribution is -0.0107. The fourth-order valence-electron chi connectivity index (χ4n) is 4.25. The van der Waals surface area contributed by atoms with Crippen molar-refractivity contribution in [3.8, 4) is 0 Å². The third-order valence-corrected chi connectivity index (χ3v) is 6.91. The lowest BCUT2D eigenvalue weighted by Gasteiger charge is -2.37. The molecule has 4 rings (SSSR count). The predicted molar refractivity (Wildman–Crippen MR) is 112 cm³/mol. The van der Waals surface area contributed by atoms with Gasteiger partial charge < -0.3 is 10.0 Å². The summed E-state index contributed by atoms with van der Waals surface area (Å²) in [6.45, 7) is 7.81. The van der Waals surface area contributed by atoms with E-state index in [1.165, 1.54) is 16.0 Å². The molecule has 0 aromatic carbocycles. The van der Waals surface area contributed by atoms with Gasteiger partial charge in [0.15, 0.2) is 0 Å². The minimum atomic E-state index is -0.763. The molecule has 0 aliphatic carbocycles. The van der Waals surface area contributed by atoms with Crippen LogP contribution in [0.3, 0.4) is 0 Å². The zero-order chi connectivity index (χ0) is 19.7. The van der Waals surface area contributed by atoms with Gasteiger partial charge in [0.2, 0.25) is 0 Å². The van der Waals surface area contributed by atoms with Crippen LogP contribution in [0.25, 0.3) is 0 Å². The van der Waals surface area contributed by atoms with E-state index in [1.54, 1.807) is 11.3 Å². The molecule has 2 aliphatic heterocycles. The highest BCUT2D eigenvalue weighted by Gasteiger charge is 2.33. The van der Waals surface area contributed by atoms with Crippen molar-refractivity contribution in [2.24, 2.45) is 0 Å². The van der Waals surface area contributed by atoms with Crippen LogP contribution in [-0.4, -0.2) is 51.0 Å². The Morgan fingerprint density at radius 1 is 1.36 bits per heavy atom. The zero-order valence-corrected chi connectivity index (χ0v) is 17.6. The summed E-state index contributed by atoms with van der Waals surface area (Å²) in [6.07, 6.45) is 5.51. The van der Waals surface area contributed by atoms with Crippen molar-refractivity contribution in [1.29, 1.82) is 0 Å². The van der Waals surface area contributed by atoms with Gasteiger partial charge in [0, 0.05) is 49.2 Å². The monoisotopic (exact) mass is 399 g/mol. The molecule has 0 bridgehead atoms. The summed E-state index contributed by atoms with van der Waals surface area (Å²) in [7, 11) is 0. The van der Waals surface area contributed by atoms with Crippen LogP contribution >= 0.6 is 11.3 Å². The Balaban J connectivity index is 1.43. The summed E-state index contributed by atoms with van der Waals surface area (Å²) in [6, 6.07) is 4.28. The molecule has 2 aliphatic rings. The fraction of sp³-hybridized carbons (Fsp3) is 0.545. The Morgan fingerprint density at radius 2 is 2.21 bits per heavy atom. The predicted octanol–water partition coefficient (Wildman–Crippen LogP) is 3.25. The molecule has 4 heterocycles. The van der Waals surface area contributed by atoms with E-state index in [-0.39, 0.29) is 5.91 Å². The van der Waals surface area contributed by atoms with Gasteiger partial charge in [0.25, 0.3) is 5.91 Å². The van der Waals surface area contributed by atoms with Crippen molar-refractivity contribution in [1.82, 2.24) is 14.8 Å². The minimum Gasteiger partial charge on any atom is -0.388 e. The molecule has 2 aromatic heterocycles. The maximum atomic E-state index is 13.1. The average Bonchev–Trinajstić information content (AvgIpc) is 3.10. The molecule has 1 atom stereocenters. The van der Waals surface area contributed by atoms with Crippen molar-refractivity contribution < 1.29 is 9.90 Å². The van der Waals surface area contributed by atoms with E-state index in [1.807, 2.05) is 23.4 Å². The quantitative estimate of drug-likeness (QED) is 0.857. The van der Waals surface area contributed by atoms with Crippen LogP contribution in [0.2, 0.25) is 0 Å². The van der Waals surface area contributed by atoms with E-state index in [2.05, 4.69) is 28.9 Å². The number of fused-ring (bicyclic) bond motifs is 1. The van der Waals surface area contributed by atoms with Crippen LogP contribution < -0.4 is 0 Å². The molecule has 2 aromatic rings. The number of hydrogen-bond donors (Lipinski definition) is 1. The normalized spacial score (nSPS) is 22.9. The number of likely N-dealkylation sites (tertiary alicyclic amines) is 1.